The van der Waals surface area contributed by atoms with Gasteiger partial charge in [0, 0.05) is 24.2 Å². The zero-order chi connectivity index (χ0) is 16.4. The van der Waals surface area contributed by atoms with Gasteiger partial charge in [0.15, 0.2) is 9.84 Å². The first kappa shape index (κ1) is 16.7. The monoisotopic (exact) mass is 338 g/mol. The summed E-state index contributed by atoms with van der Waals surface area (Å²) in [6, 6.07) is 0. The number of rotatable bonds is 5. The maximum atomic E-state index is 12.6. The number of aryl methyl sites for hydroxylation is 2. The molecule has 0 unspecified atom stereocenters. The summed E-state index contributed by atoms with van der Waals surface area (Å²) in [6.45, 7) is 2.54. The van der Waals surface area contributed by atoms with Gasteiger partial charge in [-0.1, -0.05) is 12.8 Å². The van der Waals surface area contributed by atoms with Crippen molar-refractivity contribution >= 4 is 9.84 Å². The first-order valence-electron chi connectivity index (χ1n) is 8.76. The van der Waals surface area contributed by atoms with Crippen molar-refractivity contribution in [2.75, 3.05) is 11.5 Å². The minimum absolute atomic E-state index is 0.0248. The Morgan fingerprint density at radius 3 is 2.65 bits per heavy atom. The van der Waals surface area contributed by atoms with E-state index in [4.69, 9.17) is 0 Å². The van der Waals surface area contributed by atoms with E-state index in [2.05, 4.69) is 4.98 Å². The standard InChI is InChI=1S/C17H26N2O3S/c1-13-15(17(20)19-10-5-4-8-16(19)18-13)9-11-23(21,22)12-14-6-2-3-7-14/h14H,2-12H2,1H3. The van der Waals surface area contributed by atoms with Crippen molar-refractivity contribution < 1.29 is 8.42 Å². The molecular weight excluding hydrogens is 312 g/mol. The molecule has 6 heteroatoms. The molecule has 2 heterocycles. The summed E-state index contributed by atoms with van der Waals surface area (Å²) >= 11 is 0. The Labute approximate surface area is 138 Å². The highest BCUT2D eigenvalue weighted by Gasteiger charge is 2.24. The van der Waals surface area contributed by atoms with Crippen LogP contribution in [0.5, 0.6) is 0 Å². The van der Waals surface area contributed by atoms with E-state index < -0.39 is 9.84 Å². The Kier molecular flexibility index (Phi) is 4.90. The molecule has 2 aliphatic rings. The zero-order valence-corrected chi connectivity index (χ0v) is 14.7. The van der Waals surface area contributed by atoms with Crippen LogP contribution in [0.3, 0.4) is 0 Å². The van der Waals surface area contributed by atoms with Crippen molar-refractivity contribution in [3.8, 4) is 0 Å². The lowest BCUT2D eigenvalue weighted by Gasteiger charge is -2.19. The van der Waals surface area contributed by atoms with Gasteiger partial charge in [0.2, 0.25) is 0 Å². The van der Waals surface area contributed by atoms with Crippen molar-refractivity contribution in [1.82, 2.24) is 9.55 Å². The SMILES string of the molecule is Cc1nc2n(c(=O)c1CCS(=O)(=O)CC1CCCC1)CCCC2. The van der Waals surface area contributed by atoms with Crippen LogP contribution in [-0.4, -0.2) is 29.5 Å². The molecule has 0 atom stereocenters. The molecule has 1 fully saturated rings. The molecule has 1 aromatic rings. The van der Waals surface area contributed by atoms with Gasteiger partial charge < -0.3 is 0 Å². The summed E-state index contributed by atoms with van der Waals surface area (Å²) in [5.74, 6) is 1.53. The van der Waals surface area contributed by atoms with Crippen LogP contribution in [0.15, 0.2) is 4.79 Å². The van der Waals surface area contributed by atoms with Gasteiger partial charge in [-0.25, -0.2) is 13.4 Å². The van der Waals surface area contributed by atoms with Crippen molar-refractivity contribution in [2.24, 2.45) is 5.92 Å². The topological polar surface area (TPSA) is 69.0 Å². The lowest BCUT2D eigenvalue weighted by atomic mass is 10.1. The Morgan fingerprint density at radius 2 is 1.91 bits per heavy atom. The predicted molar refractivity (Wildman–Crippen MR) is 90.5 cm³/mol. The largest absolute Gasteiger partial charge is 0.296 e. The molecule has 5 nitrogen and oxygen atoms in total. The third kappa shape index (κ3) is 3.84. The minimum atomic E-state index is -3.09. The van der Waals surface area contributed by atoms with Gasteiger partial charge in [0.1, 0.15) is 5.82 Å². The second-order valence-corrected chi connectivity index (χ2v) is 9.25. The normalized spacial score (nSPS) is 19.0. The highest BCUT2D eigenvalue weighted by molar-refractivity contribution is 7.91. The van der Waals surface area contributed by atoms with Crippen LogP contribution in [0.1, 0.15) is 55.6 Å². The highest BCUT2D eigenvalue weighted by Crippen LogP contribution is 2.26. The average molecular weight is 338 g/mol. The molecule has 0 amide bonds. The lowest BCUT2D eigenvalue weighted by Crippen LogP contribution is -2.33. The van der Waals surface area contributed by atoms with E-state index in [1.807, 2.05) is 6.92 Å². The van der Waals surface area contributed by atoms with E-state index in [0.29, 0.717) is 30.1 Å². The van der Waals surface area contributed by atoms with Gasteiger partial charge in [-0.2, -0.15) is 0 Å². The van der Waals surface area contributed by atoms with Crippen LogP contribution < -0.4 is 5.56 Å². The first-order valence-corrected chi connectivity index (χ1v) is 10.6. The summed E-state index contributed by atoms with van der Waals surface area (Å²) in [4.78, 5) is 17.2. The van der Waals surface area contributed by atoms with Gasteiger partial charge in [-0.05, 0) is 44.9 Å². The van der Waals surface area contributed by atoms with Crippen LogP contribution >= 0.6 is 0 Å². The van der Waals surface area contributed by atoms with Gasteiger partial charge >= 0.3 is 0 Å². The van der Waals surface area contributed by atoms with Gasteiger partial charge in [-0.3, -0.25) is 9.36 Å². The van der Waals surface area contributed by atoms with Crippen LogP contribution in [0, 0.1) is 12.8 Å². The molecule has 1 aliphatic carbocycles. The predicted octanol–water partition coefficient (Wildman–Crippen LogP) is 2.04. The Bertz CT molecular complexity index is 731. The Balaban J connectivity index is 1.74. The Hall–Kier alpha value is -1.17. The van der Waals surface area contributed by atoms with Gasteiger partial charge in [0.25, 0.3) is 5.56 Å². The van der Waals surface area contributed by atoms with Crippen LogP contribution in [0.25, 0.3) is 0 Å². The second kappa shape index (κ2) is 6.75. The van der Waals surface area contributed by atoms with Crippen molar-refractivity contribution in [3.63, 3.8) is 0 Å². The molecule has 0 spiro atoms. The molecule has 0 saturated heterocycles. The number of aromatic nitrogens is 2. The lowest BCUT2D eigenvalue weighted by molar-refractivity contribution is 0.489. The third-order valence-electron chi connectivity index (χ3n) is 5.21. The number of sulfone groups is 1. The fourth-order valence-electron chi connectivity index (χ4n) is 3.90. The first-order chi connectivity index (χ1) is 11.0. The fraction of sp³-hybridized carbons (Fsp3) is 0.765. The summed E-state index contributed by atoms with van der Waals surface area (Å²) in [7, 11) is -3.09. The quantitative estimate of drug-likeness (QED) is 0.824. The van der Waals surface area contributed by atoms with Gasteiger partial charge in [-0.15, -0.1) is 0 Å². The maximum absolute atomic E-state index is 12.6. The summed E-state index contributed by atoms with van der Waals surface area (Å²) < 4.78 is 26.4. The van der Waals surface area contributed by atoms with Gasteiger partial charge in [0.05, 0.1) is 11.5 Å². The van der Waals surface area contributed by atoms with Crippen LogP contribution in [0.4, 0.5) is 0 Å². The van der Waals surface area contributed by atoms with E-state index in [1.165, 1.54) is 0 Å². The second-order valence-electron chi connectivity index (χ2n) is 7.02. The maximum Gasteiger partial charge on any atom is 0.256 e. The summed E-state index contributed by atoms with van der Waals surface area (Å²) in [5, 5.41) is 0. The smallest absolute Gasteiger partial charge is 0.256 e. The summed E-state index contributed by atoms with van der Waals surface area (Å²) in [6.07, 6.45) is 7.56. The van der Waals surface area contributed by atoms with E-state index in [0.717, 1.165) is 50.8 Å². The molecule has 0 radical (unpaired) electrons. The molecule has 1 saturated carbocycles. The Morgan fingerprint density at radius 1 is 1.17 bits per heavy atom. The molecular formula is C17H26N2O3S. The highest BCUT2D eigenvalue weighted by atomic mass is 32.2. The van der Waals surface area contributed by atoms with E-state index in [-0.39, 0.29) is 17.1 Å². The van der Waals surface area contributed by atoms with Crippen molar-refractivity contribution in [2.45, 2.75) is 64.8 Å². The number of nitrogens with zero attached hydrogens (tertiary/aromatic N) is 2. The molecule has 1 aromatic heterocycles. The molecule has 3 rings (SSSR count). The molecule has 0 bridgehead atoms. The van der Waals surface area contributed by atoms with E-state index >= 15 is 0 Å². The van der Waals surface area contributed by atoms with E-state index in [9.17, 15) is 13.2 Å². The minimum Gasteiger partial charge on any atom is -0.296 e. The number of fused-ring (bicyclic) bond motifs is 1. The molecule has 23 heavy (non-hydrogen) atoms. The fourth-order valence-corrected chi connectivity index (χ4v) is 5.63. The van der Waals surface area contributed by atoms with Crippen LogP contribution in [0.2, 0.25) is 0 Å². The molecule has 0 N–H and O–H groups in total. The van der Waals surface area contributed by atoms with Crippen molar-refractivity contribution in [1.29, 1.82) is 0 Å². The van der Waals surface area contributed by atoms with E-state index in [1.54, 1.807) is 4.57 Å². The molecule has 0 aromatic carbocycles. The third-order valence-corrected chi connectivity index (χ3v) is 7.01. The van der Waals surface area contributed by atoms with Crippen molar-refractivity contribution in [3.05, 3.63) is 27.4 Å². The molecule has 128 valence electrons. The summed E-state index contributed by atoms with van der Waals surface area (Å²) in [5.41, 5.74) is 1.27. The average Bonchev–Trinajstić information content (AvgIpc) is 2.99. The zero-order valence-electron chi connectivity index (χ0n) is 13.9. The van der Waals surface area contributed by atoms with Crippen LogP contribution in [-0.2, 0) is 29.2 Å². The number of hydrogen-bond acceptors (Lipinski definition) is 4. The molecule has 1 aliphatic heterocycles. The number of hydrogen-bond donors (Lipinski definition) is 0.